The Morgan fingerprint density at radius 2 is 1.89 bits per heavy atom. The quantitative estimate of drug-likeness (QED) is 0.842. The van der Waals surface area contributed by atoms with E-state index in [0.29, 0.717) is 13.2 Å². The van der Waals surface area contributed by atoms with Crippen molar-refractivity contribution in [2.75, 3.05) is 49.1 Å². The van der Waals surface area contributed by atoms with E-state index in [1.807, 2.05) is 0 Å². The molecule has 6 nitrogen and oxygen atoms in total. The summed E-state index contributed by atoms with van der Waals surface area (Å²) in [4.78, 5) is 13.3. The molecule has 2 saturated heterocycles. The molecule has 1 unspecified atom stereocenters. The molecule has 104 valence electrons. The van der Waals surface area contributed by atoms with E-state index in [1.165, 1.54) is 12.8 Å². The van der Waals surface area contributed by atoms with Crippen LogP contribution in [0.25, 0.3) is 0 Å². The van der Waals surface area contributed by atoms with Crippen molar-refractivity contribution >= 4 is 11.6 Å². The minimum Gasteiger partial charge on any atom is -0.373 e. The van der Waals surface area contributed by atoms with Crippen LogP contribution in [0, 0.1) is 0 Å². The highest BCUT2D eigenvalue weighted by Crippen LogP contribution is 2.22. The molecule has 2 N–H and O–H groups in total. The fourth-order valence-electron chi connectivity index (χ4n) is 2.70. The molecule has 1 aromatic heterocycles. The van der Waals surface area contributed by atoms with Crippen LogP contribution in [0.3, 0.4) is 0 Å². The van der Waals surface area contributed by atoms with E-state index in [9.17, 15) is 0 Å². The second-order valence-corrected chi connectivity index (χ2v) is 5.10. The molecule has 0 radical (unpaired) electrons. The van der Waals surface area contributed by atoms with E-state index < -0.39 is 0 Å². The van der Waals surface area contributed by atoms with Gasteiger partial charge in [0.05, 0.1) is 12.7 Å². The zero-order valence-electron chi connectivity index (χ0n) is 11.2. The van der Waals surface area contributed by atoms with Gasteiger partial charge in [-0.3, -0.25) is 0 Å². The van der Waals surface area contributed by atoms with E-state index in [1.54, 1.807) is 6.33 Å². The molecule has 0 bridgehead atoms. The fourth-order valence-corrected chi connectivity index (χ4v) is 2.70. The van der Waals surface area contributed by atoms with Gasteiger partial charge in [0.2, 0.25) is 0 Å². The van der Waals surface area contributed by atoms with Crippen molar-refractivity contribution in [2.45, 2.75) is 18.9 Å². The number of hydrogen-bond acceptors (Lipinski definition) is 6. The maximum atomic E-state index is 5.68. The minimum atomic E-state index is 0.110. The van der Waals surface area contributed by atoms with E-state index in [0.717, 1.165) is 37.8 Å². The van der Waals surface area contributed by atoms with Gasteiger partial charge in [0, 0.05) is 38.8 Å². The van der Waals surface area contributed by atoms with Crippen molar-refractivity contribution in [1.29, 1.82) is 0 Å². The summed E-state index contributed by atoms with van der Waals surface area (Å²) in [7, 11) is 0. The number of aromatic nitrogens is 2. The van der Waals surface area contributed by atoms with E-state index in [2.05, 4.69) is 25.8 Å². The molecule has 3 rings (SSSR count). The van der Waals surface area contributed by atoms with Crippen molar-refractivity contribution in [3.05, 3.63) is 12.4 Å². The van der Waals surface area contributed by atoms with Crippen LogP contribution in [-0.2, 0) is 4.74 Å². The van der Waals surface area contributed by atoms with Crippen LogP contribution >= 0.6 is 0 Å². The smallest absolute Gasteiger partial charge is 0.134 e. The summed E-state index contributed by atoms with van der Waals surface area (Å²) < 4.78 is 5.59. The summed E-state index contributed by atoms with van der Waals surface area (Å²) in [6.45, 7) is 5.15. The molecule has 2 aliphatic heterocycles. The first-order valence-corrected chi connectivity index (χ1v) is 7.00. The van der Waals surface area contributed by atoms with Gasteiger partial charge >= 0.3 is 0 Å². The maximum Gasteiger partial charge on any atom is 0.134 e. The second-order valence-electron chi connectivity index (χ2n) is 5.10. The van der Waals surface area contributed by atoms with Crippen molar-refractivity contribution in [2.24, 2.45) is 5.73 Å². The first-order valence-electron chi connectivity index (χ1n) is 7.00. The van der Waals surface area contributed by atoms with Gasteiger partial charge in [-0.15, -0.1) is 0 Å². The van der Waals surface area contributed by atoms with E-state index in [4.69, 9.17) is 10.5 Å². The number of rotatable bonds is 3. The number of ether oxygens (including phenoxy) is 1. The van der Waals surface area contributed by atoms with Gasteiger partial charge in [0.25, 0.3) is 0 Å². The zero-order chi connectivity index (χ0) is 13.1. The van der Waals surface area contributed by atoms with Crippen LogP contribution in [0.15, 0.2) is 12.4 Å². The Hall–Kier alpha value is -1.40. The summed E-state index contributed by atoms with van der Waals surface area (Å²) in [6, 6.07) is 2.09. The molecule has 6 heteroatoms. The molecule has 0 aliphatic carbocycles. The highest BCUT2D eigenvalue weighted by Gasteiger charge is 2.21. The predicted molar refractivity (Wildman–Crippen MR) is 74.5 cm³/mol. The monoisotopic (exact) mass is 263 g/mol. The SMILES string of the molecule is NCC1CN(c2cc(N3CCCC3)ncn2)CCO1. The largest absolute Gasteiger partial charge is 0.373 e. The third-order valence-corrected chi connectivity index (χ3v) is 3.79. The third-order valence-electron chi connectivity index (χ3n) is 3.79. The Kier molecular flexibility index (Phi) is 3.79. The Morgan fingerprint density at radius 1 is 1.16 bits per heavy atom. The van der Waals surface area contributed by atoms with Crippen LogP contribution in [-0.4, -0.2) is 55.4 Å². The number of nitrogens with two attached hydrogens (primary N) is 1. The Bertz CT molecular complexity index is 421. The Morgan fingerprint density at radius 3 is 2.63 bits per heavy atom. The van der Waals surface area contributed by atoms with Crippen LogP contribution < -0.4 is 15.5 Å². The van der Waals surface area contributed by atoms with E-state index >= 15 is 0 Å². The molecule has 0 amide bonds. The molecule has 1 aromatic rings. The molecular weight excluding hydrogens is 242 g/mol. The van der Waals surface area contributed by atoms with Crippen LogP contribution in [0.2, 0.25) is 0 Å². The van der Waals surface area contributed by atoms with Crippen LogP contribution in [0.5, 0.6) is 0 Å². The Balaban J connectivity index is 1.74. The number of hydrogen-bond donors (Lipinski definition) is 1. The first-order chi connectivity index (χ1) is 9.36. The van der Waals surface area contributed by atoms with Gasteiger partial charge in [-0.25, -0.2) is 9.97 Å². The predicted octanol–water partition coefficient (Wildman–Crippen LogP) is 0.241. The molecular formula is C13H21N5O. The van der Waals surface area contributed by atoms with Gasteiger partial charge in [-0.2, -0.15) is 0 Å². The summed E-state index contributed by atoms with van der Waals surface area (Å²) in [5.41, 5.74) is 5.68. The highest BCUT2D eigenvalue weighted by molar-refractivity contribution is 5.50. The molecule has 0 spiro atoms. The van der Waals surface area contributed by atoms with Crippen molar-refractivity contribution < 1.29 is 4.74 Å². The van der Waals surface area contributed by atoms with E-state index in [-0.39, 0.29) is 6.10 Å². The average molecular weight is 263 g/mol. The summed E-state index contributed by atoms with van der Waals surface area (Å²) in [5, 5.41) is 0. The lowest BCUT2D eigenvalue weighted by atomic mass is 10.2. The normalized spacial score (nSPS) is 23.9. The standard InChI is InChI=1S/C13H21N5O/c14-8-11-9-18(5-6-19-11)13-7-12(15-10-16-13)17-3-1-2-4-17/h7,10-11H,1-6,8-9,14H2. The topological polar surface area (TPSA) is 67.5 Å². The van der Waals surface area contributed by atoms with Gasteiger partial charge in [-0.1, -0.05) is 0 Å². The highest BCUT2D eigenvalue weighted by atomic mass is 16.5. The van der Waals surface area contributed by atoms with Crippen LogP contribution in [0.1, 0.15) is 12.8 Å². The molecule has 2 aliphatic rings. The number of nitrogens with zero attached hydrogens (tertiary/aromatic N) is 4. The van der Waals surface area contributed by atoms with Crippen molar-refractivity contribution in [3.8, 4) is 0 Å². The lowest BCUT2D eigenvalue weighted by molar-refractivity contribution is 0.0463. The average Bonchev–Trinajstić information content (AvgIpc) is 3.02. The first kappa shape index (κ1) is 12.6. The van der Waals surface area contributed by atoms with Gasteiger partial charge in [0.1, 0.15) is 18.0 Å². The zero-order valence-corrected chi connectivity index (χ0v) is 11.2. The summed E-state index contributed by atoms with van der Waals surface area (Å²) in [6.07, 6.45) is 4.28. The van der Waals surface area contributed by atoms with Gasteiger partial charge < -0.3 is 20.3 Å². The fraction of sp³-hybridized carbons (Fsp3) is 0.692. The molecule has 3 heterocycles. The Labute approximate surface area is 113 Å². The number of anilines is 2. The number of morpholine rings is 1. The maximum absolute atomic E-state index is 5.68. The molecule has 2 fully saturated rings. The molecule has 0 saturated carbocycles. The summed E-state index contributed by atoms with van der Waals surface area (Å²) >= 11 is 0. The molecule has 19 heavy (non-hydrogen) atoms. The van der Waals surface area contributed by atoms with Gasteiger partial charge in [-0.05, 0) is 12.8 Å². The minimum absolute atomic E-state index is 0.110. The molecule has 1 atom stereocenters. The van der Waals surface area contributed by atoms with Crippen molar-refractivity contribution in [1.82, 2.24) is 9.97 Å². The second kappa shape index (κ2) is 5.71. The lowest BCUT2D eigenvalue weighted by Gasteiger charge is -2.33. The lowest BCUT2D eigenvalue weighted by Crippen LogP contribution is -2.46. The molecule has 0 aromatic carbocycles. The van der Waals surface area contributed by atoms with Gasteiger partial charge in [0.15, 0.2) is 0 Å². The van der Waals surface area contributed by atoms with Crippen molar-refractivity contribution in [3.63, 3.8) is 0 Å². The third kappa shape index (κ3) is 2.79. The van der Waals surface area contributed by atoms with Crippen LogP contribution in [0.4, 0.5) is 11.6 Å². The summed E-state index contributed by atoms with van der Waals surface area (Å²) in [5.74, 6) is 2.02.